The number of aliphatic hydroxyl groups excluding tert-OH is 1. The zero-order chi connectivity index (χ0) is 20.1. The number of Topliss-reactive ketones (excluding diaryl/α,β-unsaturated/α-hetero) is 1. The summed E-state index contributed by atoms with van der Waals surface area (Å²) < 4.78 is 15.6. The number of aromatic nitrogens is 2. The normalized spacial score (nSPS) is 15.5. The van der Waals surface area contributed by atoms with Crippen molar-refractivity contribution in [3.05, 3.63) is 65.4 Å². The van der Waals surface area contributed by atoms with Crippen LogP contribution in [0.25, 0.3) is 22.4 Å². The van der Waals surface area contributed by atoms with Crippen molar-refractivity contribution >= 4 is 5.78 Å². The second-order valence-corrected chi connectivity index (χ2v) is 8.06. The zero-order valence-electron chi connectivity index (χ0n) is 15.9. The Bertz CT molecular complexity index is 1070. The summed E-state index contributed by atoms with van der Waals surface area (Å²) in [5.41, 5.74) is 4.20. The molecule has 0 amide bonds. The average Bonchev–Trinajstić information content (AvgIpc) is 2.94. The van der Waals surface area contributed by atoms with E-state index in [2.05, 4.69) is 4.98 Å². The predicted octanol–water partition coefficient (Wildman–Crippen LogP) is 3.72. The van der Waals surface area contributed by atoms with E-state index in [9.17, 15) is 14.3 Å². The number of nitrogens with zero attached hydrogens (tertiary/aromatic N) is 2. The fourth-order valence-corrected chi connectivity index (χ4v) is 4.08. The lowest BCUT2D eigenvalue weighted by Crippen LogP contribution is -2.29. The van der Waals surface area contributed by atoms with Crippen LogP contribution in [0.4, 0.5) is 4.39 Å². The number of rotatable bonds is 3. The highest BCUT2D eigenvalue weighted by molar-refractivity contribution is 6.08. The Morgan fingerprint density at radius 1 is 1.14 bits per heavy atom. The quantitative estimate of drug-likeness (QED) is 0.680. The number of aliphatic hydroxyl groups is 1. The summed E-state index contributed by atoms with van der Waals surface area (Å²) in [6.45, 7) is 3.68. The summed E-state index contributed by atoms with van der Waals surface area (Å²) >= 11 is 0. The lowest BCUT2D eigenvalue weighted by molar-refractivity contribution is 0.0911. The van der Waals surface area contributed by atoms with Gasteiger partial charge in [-0.25, -0.2) is 4.39 Å². The largest absolute Gasteiger partial charge is 0.392 e. The summed E-state index contributed by atoms with van der Waals surface area (Å²) in [5, 5.41) is 9.50. The van der Waals surface area contributed by atoms with Crippen molar-refractivity contribution in [1.82, 2.24) is 9.66 Å². The molecule has 3 aromatic rings. The van der Waals surface area contributed by atoms with Gasteiger partial charge in [0.05, 0.1) is 18.0 Å². The molecule has 0 radical (unpaired) electrons. The molecule has 2 heterocycles. The Labute approximate surface area is 162 Å². The topological polar surface area (TPSA) is 81.1 Å². The third-order valence-electron chi connectivity index (χ3n) is 5.33. The molecule has 0 fully saturated rings. The maximum atomic E-state index is 14.0. The Balaban J connectivity index is 2.06. The van der Waals surface area contributed by atoms with E-state index in [0.29, 0.717) is 35.2 Å². The van der Waals surface area contributed by atoms with Crippen molar-refractivity contribution in [3.8, 4) is 22.4 Å². The first-order valence-electron chi connectivity index (χ1n) is 9.18. The number of halogens is 1. The Morgan fingerprint density at radius 2 is 1.86 bits per heavy atom. The number of fused-ring (bicyclic) bond motifs is 1. The van der Waals surface area contributed by atoms with E-state index in [-0.39, 0.29) is 16.8 Å². The van der Waals surface area contributed by atoms with E-state index >= 15 is 0 Å². The van der Waals surface area contributed by atoms with Gasteiger partial charge in [0.15, 0.2) is 5.78 Å². The highest BCUT2D eigenvalue weighted by Gasteiger charge is 2.38. The molecule has 144 valence electrons. The van der Waals surface area contributed by atoms with Gasteiger partial charge >= 0.3 is 0 Å². The van der Waals surface area contributed by atoms with Gasteiger partial charge in [-0.05, 0) is 41.7 Å². The van der Waals surface area contributed by atoms with Gasteiger partial charge in [-0.2, -0.15) is 0 Å². The van der Waals surface area contributed by atoms with Crippen LogP contribution in [0.1, 0.15) is 41.9 Å². The third kappa shape index (κ3) is 2.90. The fraction of sp³-hybridized carbons (Fsp3) is 0.273. The molecule has 0 spiro atoms. The van der Waals surface area contributed by atoms with Gasteiger partial charge in [0.2, 0.25) is 0 Å². The summed E-state index contributed by atoms with van der Waals surface area (Å²) in [6, 6.07) is 8.19. The van der Waals surface area contributed by atoms with Crippen LogP contribution in [0.3, 0.4) is 0 Å². The molecule has 1 aliphatic rings. The SMILES string of the molecule is CC1(C)CC(=O)c2c(-c3ccc(F)c(CO)c3)c(-c3ccncc3)n(N)c2C1. The van der Waals surface area contributed by atoms with Crippen LogP contribution in [0.2, 0.25) is 0 Å². The van der Waals surface area contributed by atoms with Gasteiger partial charge in [-0.3, -0.25) is 14.5 Å². The van der Waals surface area contributed by atoms with Crippen LogP contribution in [-0.4, -0.2) is 20.5 Å². The minimum Gasteiger partial charge on any atom is -0.392 e. The first-order valence-corrected chi connectivity index (χ1v) is 9.18. The molecule has 0 bridgehead atoms. The Morgan fingerprint density at radius 3 is 2.54 bits per heavy atom. The molecule has 1 aliphatic carbocycles. The van der Waals surface area contributed by atoms with Crippen LogP contribution < -0.4 is 5.84 Å². The number of hydrogen-bond acceptors (Lipinski definition) is 4. The molecule has 6 heteroatoms. The molecule has 5 nitrogen and oxygen atoms in total. The molecule has 0 saturated heterocycles. The minimum atomic E-state index is -0.481. The third-order valence-corrected chi connectivity index (χ3v) is 5.33. The van der Waals surface area contributed by atoms with Gasteiger partial charge in [0, 0.05) is 41.1 Å². The minimum absolute atomic E-state index is 0.0237. The van der Waals surface area contributed by atoms with E-state index in [1.165, 1.54) is 6.07 Å². The number of carbonyl (C=O) groups is 1. The average molecular weight is 379 g/mol. The number of nitrogen functional groups attached to an aromatic ring is 1. The van der Waals surface area contributed by atoms with Crippen LogP contribution >= 0.6 is 0 Å². The second-order valence-electron chi connectivity index (χ2n) is 8.06. The second kappa shape index (κ2) is 6.56. The first kappa shape index (κ1) is 18.4. The monoisotopic (exact) mass is 379 g/mol. The number of pyridine rings is 1. The van der Waals surface area contributed by atoms with E-state index in [0.717, 1.165) is 11.3 Å². The molecule has 0 atom stereocenters. The molecular weight excluding hydrogens is 357 g/mol. The smallest absolute Gasteiger partial charge is 0.165 e. The van der Waals surface area contributed by atoms with Crippen LogP contribution in [0.5, 0.6) is 0 Å². The standard InChI is InChI=1S/C22H22FN3O2/c1-22(2)10-17-20(18(28)11-22)19(14-3-4-16(23)15(9-14)12-27)21(26(17)24)13-5-7-25-8-6-13/h3-9,27H,10-12,24H2,1-2H3. The number of hydrogen-bond donors (Lipinski definition) is 2. The molecule has 0 saturated carbocycles. The van der Waals surface area contributed by atoms with Gasteiger partial charge in [-0.1, -0.05) is 19.9 Å². The molecule has 28 heavy (non-hydrogen) atoms. The molecule has 0 unspecified atom stereocenters. The molecule has 0 aliphatic heterocycles. The van der Waals surface area contributed by atoms with Crippen LogP contribution in [0, 0.1) is 11.2 Å². The van der Waals surface area contributed by atoms with Crippen LogP contribution in [-0.2, 0) is 13.0 Å². The van der Waals surface area contributed by atoms with E-state index < -0.39 is 12.4 Å². The number of nitrogens with two attached hydrogens (primary N) is 1. The molecule has 4 rings (SSSR count). The lowest BCUT2D eigenvalue weighted by atomic mass is 9.75. The Hall–Kier alpha value is -2.99. The first-order chi connectivity index (χ1) is 13.3. The van der Waals surface area contributed by atoms with Crippen molar-refractivity contribution in [2.24, 2.45) is 5.41 Å². The van der Waals surface area contributed by atoms with Gasteiger partial charge < -0.3 is 10.9 Å². The molecule has 1 aromatic carbocycles. The maximum Gasteiger partial charge on any atom is 0.165 e. The fourth-order valence-electron chi connectivity index (χ4n) is 4.08. The van der Waals surface area contributed by atoms with Gasteiger partial charge in [-0.15, -0.1) is 0 Å². The number of carbonyl (C=O) groups excluding carboxylic acids is 1. The lowest BCUT2D eigenvalue weighted by Gasteiger charge is -2.29. The summed E-state index contributed by atoms with van der Waals surface area (Å²) in [4.78, 5) is 17.2. The van der Waals surface area contributed by atoms with Crippen molar-refractivity contribution < 1.29 is 14.3 Å². The number of ketones is 1. The van der Waals surface area contributed by atoms with Crippen LogP contribution in [0.15, 0.2) is 42.7 Å². The van der Waals surface area contributed by atoms with Crippen molar-refractivity contribution in [2.75, 3.05) is 5.84 Å². The molecule has 2 aromatic heterocycles. The van der Waals surface area contributed by atoms with E-state index in [4.69, 9.17) is 5.84 Å². The predicted molar refractivity (Wildman–Crippen MR) is 106 cm³/mol. The summed E-state index contributed by atoms with van der Waals surface area (Å²) in [5.74, 6) is 6.04. The van der Waals surface area contributed by atoms with Crippen molar-refractivity contribution in [1.29, 1.82) is 0 Å². The molecule has 3 N–H and O–H groups in total. The van der Waals surface area contributed by atoms with Gasteiger partial charge in [0.1, 0.15) is 5.82 Å². The van der Waals surface area contributed by atoms with E-state index in [1.807, 2.05) is 26.0 Å². The van der Waals surface area contributed by atoms with Crippen molar-refractivity contribution in [3.63, 3.8) is 0 Å². The zero-order valence-corrected chi connectivity index (χ0v) is 15.9. The summed E-state index contributed by atoms with van der Waals surface area (Å²) in [7, 11) is 0. The molecular formula is C22H22FN3O2. The number of benzene rings is 1. The van der Waals surface area contributed by atoms with E-state index in [1.54, 1.807) is 29.2 Å². The van der Waals surface area contributed by atoms with Crippen molar-refractivity contribution in [2.45, 2.75) is 33.3 Å². The highest BCUT2D eigenvalue weighted by atomic mass is 19.1. The highest BCUT2D eigenvalue weighted by Crippen LogP contribution is 2.45. The van der Waals surface area contributed by atoms with Gasteiger partial charge in [0.25, 0.3) is 0 Å². The Kier molecular flexibility index (Phi) is 4.31. The maximum absolute atomic E-state index is 14.0. The summed E-state index contributed by atoms with van der Waals surface area (Å²) in [6.07, 6.45) is 4.42.